The Hall–Kier alpha value is -1.10. The number of alkyl halides is 3. The zero-order chi connectivity index (χ0) is 14.9. The molecule has 1 aliphatic carbocycles. The van der Waals surface area contributed by atoms with E-state index in [1.54, 1.807) is 7.05 Å². The quantitative estimate of drug-likeness (QED) is 0.805. The van der Waals surface area contributed by atoms with Crippen molar-refractivity contribution in [1.82, 2.24) is 5.32 Å². The van der Waals surface area contributed by atoms with Crippen molar-refractivity contribution >= 4 is 0 Å². The van der Waals surface area contributed by atoms with Crippen LogP contribution in [0.3, 0.4) is 0 Å². The Bertz CT molecular complexity index is 469. The summed E-state index contributed by atoms with van der Waals surface area (Å²) in [6, 6.07) is 3.16. The lowest BCUT2D eigenvalue weighted by atomic mass is 9.90. The van der Waals surface area contributed by atoms with Crippen LogP contribution in [0.5, 0.6) is 0 Å². The Kier molecular flexibility index (Phi) is 4.37. The van der Waals surface area contributed by atoms with Gasteiger partial charge in [0.25, 0.3) is 0 Å². The van der Waals surface area contributed by atoms with Crippen LogP contribution in [0.4, 0.5) is 17.6 Å². The molecule has 0 amide bonds. The van der Waals surface area contributed by atoms with Crippen molar-refractivity contribution in [3.8, 4) is 0 Å². The van der Waals surface area contributed by atoms with E-state index in [4.69, 9.17) is 0 Å². The summed E-state index contributed by atoms with van der Waals surface area (Å²) in [5, 5.41) is 3.12. The van der Waals surface area contributed by atoms with Gasteiger partial charge in [0.2, 0.25) is 0 Å². The van der Waals surface area contributed by atoms with Crippen molar-refractivity contribution in [2.75, 3.05) is 7.05 Å². The molecule has 0 radical (unpaired) electrons. The highest BCUT2D eigenvalue weighted by molar-refractivity contribution is 5.29. The molecular weight excluding hydrogens is 270 g/mol. The molecule has 112 valence electrons. The van der Waals surface area contributed by atoms with Gasteiger partial charge in [-0.25, -0.2) is 4.39 Å². The van der Waals surface area contributed by atoms with E-state index in [1.807, 2.05) is 0 Å². The third kappa shape index (κ3) is 3.14. The SMILES string of the molecule is CNC(c1ccc(C(F)(F)F)c(F)c1)C1CCC(C)C1. The van der Waals surface area contributed by atoms with Crippen molar-refractivity contribution in [2.45, 2.75) is 38.4 Å². The fourth-order valence-corrected chi connectivity index (χ4v) is 3.18. The van der Waals surface area contributed by atoms with Gasteiger partial charge in [0.05, 0.1) is 5.56 Å². The van der Waals surface area contributed by atoms with Crippen LogP contribution in [0.1, 0.15) is 43.4 Å². The largest absolute Gasteiger partial charge is 0.419 e. The molecule has 1 N–H and O–H groups in total. The van der Waals surface area contributed by atoms with Crippen molar-refractivity contribution in [2.24, 2.45) is 11.8 Å². The molecule has 0 saturated heterocycles. The average Bonchev–Trinajstić information content (AvgIpc) is 2.75. The van der Waals surface area contributed by atoms with E-state index in [-0.39, 0.29) is 6.04 Å². The molecule has 5 heteroatoms. The number of nitrogens with one attached hydrogen (secondary N) is 1. The lowest BCUT2D eigenvalue weighted by Crippen LogP contribution is -2.24. The summed E-state index contributed by atoms with van der Waals surface area (Å²) in [6.07, 6.45) is -1.48. The molecule has 1 aromatic carbocycles. The minimum atomic E-state index is -4.64. The van der Waals surface area contributed by atoms with Crippen molar-refractivity contribution in [3.63, 3.8) is 0 Å². The molecule has 3 atom stereocenters. The highest BCUT2D eigenvalue weighted by Crippen LogP contribution is 2.40. The van der Waals surface area contributed by atoms with E-state index >= 15 is 0 Å². The fourth-order valence-electron chi connectivity index (χ4n) is 3.18. The van der Waals surface area contributed by atoms with Gasteiger partial charge in [-0.15, -0.1) is 0 Å². The van der Waals surface area contributed by atoms with Crippen LogP contribution < -0.4 is 5.32 Å². The Morgan fingerprint density at radius 2 is 1.95 bits per heavy atom. The van der Waals surface area contributed by atoms with Crippen LogP contribution in [0.25, 0.3) is 0 Å². The third-order valence-corrected chi connectivity index (χ3v) is 4.18. The Labute approximate surface area is 116 Å². The topological polar surface area (TPSA) is 12.0 Å². The van der Waals surface area contributed by atoms with Crippen molar-refractivity contribution in [3.05, 3.63) is 35.1 Å². The molecule has 1 fully saturated rings. The lowest BCUT2D eigenvalue weighted by molar-refractivity contribution is -0.140. The number of hydrogen-bond donors (Lipinski definition) is 1. The summed E-state index contributed by atoms with van der Waals surface area (Å²) in [7, 11) is 1.77. The first-order chi connectivity index (χ1) is 9.32. The zero-order valence-electron chi connectivity index (χ0n) is 11.6. The van der Waals surface area contributed by atoms with Crippen LogP contribution in [-0.4, -0.2) is 7.05 Å². The third-order valence-electron chi connectivity index (χ3n) is 4.18. The molecule has 0 aliphatic heterocycles. The van der Waals surface area contributed by atoms with Crippen LogP contribution in [0.15, 0.2) is 18.2 Å². The number of rotatable bonds is 3. The maximum atomic E-state index is 13.7. The number of benzene rings is 1. The van der Waals surface area contributed by atoms with E-state index in [0.717, 1.165) is 31.4 Å². The van der Waals surface area contributed by atoms with E-state index in [1.165, 1.54) is 6.07 Å². The fraction of sp³-hybridized carbons (Fsp3) is 0.600. The lowest BCUT2D eigenvalue weighted by Gasteiger charge is -2.24. The van der Waals surface area contributed by atoms with Gasteiger partial charge < -0.3 is 5.32 Å². The number of halogens is 4. The van der Waals surface area contributed by atoms with Gasteiger partial charge in [0, 0.05) is 6.04 Å². The van der Waals surface area contributed by atoms with Crippen molar-refractivity contribution in [1.29, 1.82) is 0 Å². The Morgan fingerprint density at radius 3 is 2.40 bits per heavy atom. The molecule has 20 heavy (non-hydrogen) atoms. The predicted octanol–water partition coefficient (Wildman–Crippen LogP) is 4.54. The first kappa shape index (κ1) is 15.3. The molecule has 1 aromatic rings. The summed E-state index contributed by atoms with van der Waals surface area (Å²) in [5.41, 5.74) is -0.604. The van der Waals surface area contributed by atoms with Crippen LogP contribution >= 0.6 is 0 Å². The predicted molar refractivity (Wildman–Crippen MR) is 69.7 cm³/mol. The molecule has 0 bridgehead atoms. The van der Waals surface area contributed by atoms with Gasteiger partial charge in [0.1, 0.15) is 5.82 Å². The maximum Gasteiger partial charge on any atom is 0.419 e. The monoisotopic (exact) mass is 289 g/mol. The van der Waals surface area contributed by atoms with Crippen LogP contribution in [0, 0.1) is 17.7 Å². The van der Waals surface area contributed by atoms with Gasteiger partial charge in [0.15, 0.2) is 0 Å². The Balaban J connectivity index is 2.25. The highest BCUT2D eigenvalue weighted by atomic mass is 19.4. The summed E-state index contributed by atoms with van der Waals surface area (Å²) < 4.78 is 51.3. The minimum Gasteiger partial charge on any atom is -0.313 e. The minimum absolute atomic E-state index is 0.0864. The number of hydrogen-bond acceptors (Lipinski definition) is 1. The second-order valence-electron chi connectivity index (χ2n) is 5.68. The van der Waals surface area contributed by atoms with E-state index in [9.17, 15) is 17.6 Å². The summed E-state index contributed by atoms with van der Waals surface area (Å²) >= 11 is 0. The van der Waals surface area contributed by atoms with Gasteiger partial charge >= 0.3 is 6.18 Å². The molecular formula is C15H19F4N. The van der Waals surface area contributed by atoms with Gasteiger partial charge in [-0.3, -0.25) is 0 Å². The van der Waals surface area contributed by atoms with Crippen LogP contribution in [0.2, 0.25) is 0 Å². The molecule has 1 nitrogen and oxygen atoms in total. The summed E-state index contributed by atoms with van der Waals surface area (Å²) in [5.74, 6) is -0.220. The molecule has 1 saturated carbocycles. The molecule has 0 heterocycles. The molecule has 0 aromatic heterocycles. The first-order valence-electron chi connectivity index (χ1n) is 6.86. The molecule has 0 spiro atoms. The first-order valence-corrected chi connectivity index (χ1v) is 6.86. The average molecular weight is 289 g/mol. The van der Waals surface area contributed by atoms with E-state index in [0.29, 0.717) is 17.4 Å². The zero-order valence-corrected chi connectivity index (χ0v) is 11.6. The van der Waals surface area contributed by atoms with E-state index in [2.05, 4.69) is 12.2 Å². The van der Waals surface area contributed by atoms with Crippen LogP contribution in [-0.2, 0) is 6.18 Å². The molecule has 2 rings (SSSR count). The maximum absolute atomic E-state index is 13.7. The second-order valence-corrected chi connectivity index (χ2v) is 5.68. The Morgan fingerprint density at radius 1 is 1.25 bits per heavy atom. The summed E-state index contributed by atoms with van der Waals surface area (Å²) in [4.78, 5) is 0. The van der Waals surface area contributed by atoms with Gasteiger partial charge in [-0.2, -0.15) is 13.2 Å². The second kappa shape index (κ2) is 5.72. The smallest absolute Gasteiger partial charge is 0.313 e. The highest BCUT2D eigenvalue weighted by Gasteiger charge is 2.35. The standard InChI is InChI=1S/C15H19F4N/c1-9-3-4-10(7-9)14(20-2)11-5-6-12(13(16)8-11)15(17,18)19/h5-6,8-10,14,20H,3-4,7H2,1-2H3. The van der Waals surface area contributed by atoms with Gasteiger partial charge in [-0.1, -0.05) is 19.4 Å². The van der Waals surface area contributed by atoms with Gasteiger partial charge in [-0.05, 0) is 49.4 Å². The van der Waals surface area contributed by atoms with Crippen molar-refractivity contribution < 1.29 is 17.6 Å². The summed E-state index contributed by atoms with van der Waals surface area (Å²) in [6.45, 7) is 2.17. The molecule has 3 unspecified atom stereocenters. The van der Waals surface area contributed by atoms with E-state index < -0.39 is 17.6 Å². The molecule has 1 aliphatic rings. The normalized spacial score (nSPS) is 24.9.